The number of carbonyl (C=O) groups is 1. The van der Waals surface area contributed by atoms with Crippen LogP contribution in [0.4, 0.5) is 0 Å². The molecule has 4 aromatic rings. The molecule has 4 nitrogen and oxygen atoms in total. The summed E-state index contributed by atoms with van der Waals surface area (Å²) in [5.74, 6) is 0.538. The summed E-state index contributed by atoms with van der Waals surface area (Å²) in [6, 6.07) is 22.4. The zero-order valence-corrected chi connectivity index (χ0v) is 17.3. The highest BCUT2D eigenvalue weighted by atomic mass is 35.5. The molecule has 0 radical (unpaired) electrons. The second kappa shape index (κ2) is 8.27. The standard InChI is InChI=1S/C23H19Cl2N3O/c1-15(26-23(29)18-9-2-3-10-19(18)25)22-27-20-11-4-5-12-21(20)28(22)14-16-7-6-8-17(24)13-16/h2-13,15H,14H2,1H3,(H,26,29). The number of amides is 1. The van der Waals surface area contributed by atoms with Crippen LogP contribution in [-0.2, 0) is 6.54 Å². The number of benzene rings is 3. The minimum Gasteiger partial charge on any atom is -0.342 e. The Balaban J connectivity index is 1.69. The molecule has 4 rings (SSSR count). The van der Waals surface area contributed by atoms with Crippen LogP contribution in [-0.4, -0.2) is 15.5 Å². The van der Waals surface area contributed by atoms with Crippen molar-refractivity contribution >= 4 is 40.1 Å². The van der Waals surface area contributed by atoms with Crippen LogP contribution in [0, 0.1) is 0 Å². The summed E-state index contributed by atoms with van der Waals surface area (Å²) in [6.45, 7) is 2.52. The van der Waals surface area contributed by atoms with Crippen LogP contribution >= 0.6 is 23.2 Å². The molecular formula is C23H19Cl2N3O. The zero-order valence-electron chi connectivity index (χ0n) is 15.8. The van der Waals surface area contributed by atoms with E-state index in [-0.39, 0.29) is 11.9 Å². The number of para-hydroxylation sites is 2. The molecule has 1 atom stereocenters. The van der Waals surface area contributed by atoms with Crippen LogP contribution in [0.3, 0.4) is 0 Å². The predicted octanol–water partition coefficient (Wildman–Crippen LogP) is 5.88. The minimum atomic E-state index is -0.314. The lowest BCUT2D eigenvalue weighted by Crippen LogP contribution is -2.29. The van der Waals surface area contributed by atoms with Gasteiger partial charge in [-0.2, -0.15) is 0 Å². The second-order valence-electron chi connectivity index (χ2n) is 6.85. The van der Waals surface area contributed by atoms with Gasteiger partial charge in [0, 0.05) is 11.6 Å². The third kappa shape index (κ3) is 4.14. The quantitative estimate of drug-likeness (QED) is 0.435. The largest absolute Gasteiger partial charge is 0.342 e. The van der Waals surface area contributed by atoms with E-state index in [1.54, 1.807) is 24.3 Å². The molecule has 29 heavy (non-hydrogen) atoms. The van der Waals surface area contributed by atoms with E-state index in [0.29, 0.717) is 22.2 Å². The highest BCUT2D eigenvalue weighted by molar-refractivity contribution is 6.33. The first-order chi connectivity index (χ1) is 14.0. The van der Waals surface area contributed by atoms with Gasteiger partial charge in [-0.05, 0) is 48.9 Å². The predicted molar refractivity (Wildman–Crippen MR) is 118 cm³/mol. The van der Waals surface area contributed by atoms with E-state index in [9.17, 15) is 4.79 Å². The van der Waals surface area contributed by atoms with Crippen LogP contribution in [0.25, 0.3) is 11.0 Å². The number of hydrogen-bond donors (Lipinski definition) is 1. The van der Waals surface area contributed by atoms with Crippen molar-refractivity contribution in [1.29, 1.82) is 0 Å². The Labute approximate surface area is 179 Å². The first-order valence-electron chi connectivity index (χ1n) is 9.28. The third-order valence-corrected chi connectivity index (χ3v) is 5.33. The molecule has 0 spiro atoms. The maximum Gasteiger partial charge on any atom is 0.253 e. The molecule has 1 aromatic heterocycles. The fourth-order valence-electron chi connectivity index (χ4n) is 3.39. The molecule has 0 saturated heterocycles. The van der Waals surface area contributed by atoms with E-state index in [2.05, 4.69) is 9.88 Å². The Morgan fingerprint density at radius 3 is 2.59 bits per heavy atom. The monoisotopic (exact) mass is 423 g/mol. The zero-order chi connectivity index (χ0) is 20.4. The minimum absolute atomic E-state index is 0.232. The summed E-state index contributed by atoms with van der Waals surface area (Å²) >= 11 is 12.3. The number of hydrogen-bond acceptors (Lipinski definition) is 2. The number of nitrogens with zero attached hydrogens (tertiary/aromatic N) is 2. The summed E-state index contributed by atoms with van der Waals surface area (Å²) in [4.78, 5) is 17.5. The Kier molecular flexibility index (Phi) is 5.56. The van der Waals surface area contributed by atoms with Gasteiger partial charge in [0.25, 0.3) is 5.91 Å². The SMILES string of the molecule is CC(NC(=O)c1ccccc1Cl)c1nc2ccccc2n1Cc1cccc(Cl)c1. The normalized spacial score (nSPS) is 12.1. The molecule has 0 aliphatic rings. The molecule has 0 saturated carbocycles. The number of halogens is 2. The maximum atomic E-state index is 12.7. The molecule has 1 N–H and O–H groups in total. The van der Waals surface area contributed by atoms with Crippen LogP contribution in [0.5, 0.6) is 0 Å². The van der Waals surface area contributed by atoms with E-state index in [1.807, 2.05) is 55.5 Å². The molecule has 146 valence electrons. The van der Waals surface area contributed by atoms with Gasteiger partial charge in [-0.1, -0.05) is 59.6 Å². The summed E-state index contributed by atoms with van der Waals surface area (Å²) in [6.07, 6.45) is 0. The van der Waals surface area contributed by atoms with Gasteiger partial charge < -0.3 is 9.88 Å². The van der Waals surface area contributed by atoms with E-state index >= 15 is 0 Å². The van der Waals surface area contributed by atoms with E-state index in [0.717, 1.165) is 22.4 Å². The van der Waals surface area contributed by atoms with Crippen molar-refractivity contribution in [1.82, 2.24) is 14.9 Å². The number of imidazole rings is 1. The summed E-state index contributed by atoms with van der Waals surface area (Å²) in [7, 11) is 0. The Hall–Kier alpha value is -2.82. The second-order valence-corrected chi connectivity index (χ2v) is 7.69. The van der Waals surface area contributed by atoms with Crippen molar-refractivity contribution in [3.05, 3.63) is 99.8 Å². The fourth-order valence-corrected chi connectivity index (χ4v) is 3.83. The lowest BCUT2D eigenvalue weighted by atomic mass is 10.2. The van der Waals surface area contributed by atoms with Crippen molar-refractivity contribution in [2.75, 3.05) is 0 Å². The molecule has 6 heteroatoms. The lowest BCUT2D eigenvalue weighted by molar-refractivity contribution is 0.0938. The Morgan fingerprint density at radius 1 is 1.03 bits per heavy atom. The topological polar surface area (TPSA) is 46.9 Å². The van der Waals surface area contributed by atoms with Crippen LogP contribution < -0.4 is 5.32 Å². The number of rotatable bonds is 5. The fraction of sp³-hybridized carbons (Fsp3) is 0.130. The molecule has 0 fully saturated rings. The molecule has 0 bridgehead atoms. The average Bonchev–Trinajstić information content (AvgIpc) is 3.07. The Bertz CT molecular complexity index is 1190. The first kappa shape index (κ1) is 19.5. The number of aromatic nitrogens is 2. The van der Waals surface area contributed by atoms with Crippen molar-refractivity contribution in [2.45, 2.75) is 19.5 Å². The Morgan fingerprint density at radius 2 is 1.79 bits per heavy atom. The highest BCUT2D eigenvalue weighted by Crippen LogP contribution is 2.24. The van der Waals surface area contributed by atoms with Crippen LogP contribution in [0.2, 0.25) is 10.0 Å². The molecule has 1 unspecified atom stereocenters. The number of fused-ring (bicyclic) bond motifs is 1. The molecule has 0 aliphatic carbocycles. The van der Waals surface area contributed by atoms with Gasteiger partial charge in [0.15, 0.2) is 0 Å². The lowest BCUT2D eigenvalue weighted by Gasteiger charge is -2.17. The molecule has 3 aromatic carbocycles. The molecule has 0 aliphatic heterocycles. The van der Waals surface area contributed by atoms with Gasteiger partial charge >= 0.3 is 0 Å². The molecule has 1 heterocycles. The summed E-state index contributed by atoms with van der Waals surface area (Å²) in [5.41, 5.74) is 3.38. The van der Waals surface area contributed by atoms with Crippen molar-refractivity contribution < 1.29 is 4.79 Å². The van der Waals surface area contributed by atoms with Gasteiger partial charge in [0.05, 0.1) is 27.7 Å². The summed E-state index contributed by atoms with van der Waals surface area (Å²) in [5, 5.41) is 4.13. The third-order valence-electron chi connectivity index (χ3n) is 4.77. The van der Waals surface area contributed by atoms with Crippen molar-refractivity contribution in [3.63, 3.8) is 0 Å². The molecular weight excluding hydrogens is 405 g/mol. The molecule has 1 amide bonds. The van der Waals surface area contributed by atoms with Crippen LogP contribution in [0.1, 0.15) is 34.7 Å². The van der Waals surface area contributed by atoms with Crippen LogP contribution in [0.15, 0.2) is 72.8 Å². The van der Waals surface area contributed by atoms with Gasteiger partial charge in [-0.3, -0.25) is 4.79 Å². The number of carbonyl (C=O) groups excluding carboxylic acids is 1. The van der Waals surface area contributed by atoms with Gasteiger partial charge in [-0.25, -0.2) is 4.98 Å². The van der Waals surface area contributed by atoms with E-state index in [4.69, 9.17) is 28.2 Å². The summed E-state index contributed by atoms with van der Waals surface area (Å²) < 4.78 is 2.11. The van der Waals surface area contributed by atoms with E-state index < -0.39 is 0 Å². The smallest absolute Gasteiger partial charge is 0.253 e. The average molecular weight is 424 g/mol. The van der Waals surface area contributed by atoms with Crippen molar-refractivity contribution in [2.24, 2.45) is 0 Å². The van der Waals surface area contributed by atoms with Gasteiger partial charge in [0.1, 0.15) is 5.82 Å². The van der Waals surface area contributed by atoms with Gasteiger partial charge in [0.2, 0.25) is 0 Å². The van der Waals surface area contributed by atoms with E-state index in [1.165, 1.54) is 0 Å². The highest BCUT2D eigenvalue weighted by Gasteiger charge is 2.20. The first-order valence-corrected chi connectivity index (χ1v) is 10.0. The number of nitrogens with one attached hydrogen (secondary N) is 1. The van der Waals surface area contributed by atoms with Gasteiger partial charge in [-0.15, -0.1) is 0 Å². The maximum absolute atomic E-state index is 12.7. The van der Waals surface area contributed by atoms with Crippen molar-refractivity contribution in [3.8, 4) is 0 Å².